The van der Waals surface area contributed by atoms with Crippen molar-refractivity contribution in [3.8, 4) is 5.75 Å². The van der Waals surface area contributed by atoms with E-state index < -0.39 is 0 Å². The molecular weight excluding hydrogens is 368 g/mol. The first-order valence-corrected chi connectivity index (χ1v) is 10.5. The Balaban J connectivity index is 1.70. The van der Waals surface area contributed by atoms with E-state index in [1.54, 1.807) is 14.2 Å². The molecule has 0 radical (unpaired) electrons. The molecule has 0 amide bonds. The van der Waals surface area contributed by atoms with Crippen LogP contribution in [0.4, 0.5) is 0 Å². The van der Waals surface area contributed by atoms with Crippen molar-refractivity contribution in [1.82, 2.24) is 15.5 Å². The number of hydrogen-bond donors (Lipinski definition) is 2. The number of guanidine groups is 1. The predicted octanol–water partition coefficient (Wildman–Crippen LogP) is 2.30. The number of aliphatic imine (C=N–C) groups is 1. The van der Waals surface area contributed by atoms with Gasteiger partial charge in [-0.2, -0.15) is 0 Å². The fourth-order valence-corrected chi connectivity index (χ4v) is 3.47. The molecule has 1 aromatic rings. The van der Waals surface area contributed by atoms with E-state index in [4.69, 9.17) is 14.2 Å². The van der Waals surface area contributed by atoms with Crippen molar-refractivity contribution < 1.29 is 14.2 Å². The van der Waals surface area contributed by atoms with Gasteiger partial charge >= 0.3 is 0 Å². The van der Waals surface area contributed by atoms with Crippen LogP contribution in [0.25, 0.3) is 0 Å². The van der Waals surface area contributed by atoms with Gasteiger partial charge in [0.25, 0.3) is 0 Å². The second-order valence-electron chi connectivity index (χ2n) is 7.59. The van der Waals surface area contributed by atoms with Crippen LogP contribution in [0.15, 0.2) is 29.3 Å². The summed E-state index contributed by atoms with van der Waals surface area (Å²) in [6.45, 7) is 4.92. The molecule has 1 aliphatic heterocycles. The topological polar surface area (TPSA) is 67.4 Å². The lowest BCUT2D eigenvalue weighted by Crippen LogP contribution is -2.42. The number of methoxy groups -OCH3 is 1. The zero-order valence-electron chi connectivity index (χ0n) is 18.4. The van der Waals surface area contributed by atoms with Gasteiger partial charge in [0.1, 0.15) is 5.75 Å². The maximum absolute atomic E-state index is 5.83. The van der Waals surface area contributed by atoms with E-state index in [0.29, 0.717) is 5.92 Å². The van der Waals surface area contributed by atoms with Crippen LogP contribution in [0.5, 0.6) is 5.75 Å². The summed E-state index contributed by atoms with van der Waals surface area (Å²) >= 11 is 0. The molecule has 0 aliphatic carbocycles. The smallest absolute Gasteiger partial charge is 0.191 e. The van der Waals surface area contributed by atoms with E-state index in [-0.39, 0.29) is 6.04 Å². The van der Waals surface area contributed by atoms with Crippen molar-refractivity contribution in [3.63, 3.8) is 0 Å². The van der Waals surface area contributed by atoms with Crippen LogP contribution >= 0.6 is 0 Å². The molecular formula is C22H38N4O3. The summed E-state index contributed by atoms with van der Waals surface area (Å²) in [5.74, 6) is 2.36. The fourth-order valence-electron chi connectivity index (χ4n) is 3.47. The molecule has 164 valence electrons. The number of nitrogens with zero attached hydrogens (tertiary/aromatic N) is 2. The van der Waals surface area contributed by atoms with E-state index in [1.807, 2.05) is 18.2 Å². The summed E-state index contributed by atoms with van der Waals surface area (Å²) in [4.78, 5) is 6.52. The molecule has 1 saturated heterocycles. The molecule has 0 spiro atoms. The third kappa shape index (κ3) is 8.20. The van der Waals surface area contributed by atoms with Gasteiger partial charge in [-0.15, -0.1) is 0 Å². The zero-order valence-corrected chi connectivity index (χ0v) is 18.4. The van der Waals surface area contributed by atoms with E-state index in [9.17, 15) is 0 Å². The summed E-state index contributed by atoms with van der Waals surface area (Å²) < 4.78 is 16.7. The zero-order chi connectivity index (χ0) is 20.9. The summed E-state index contributed by atoms with van der Waals surface area (Å²) in [6, 6.07) is 8.32. The highest BCUT2D eigenvalue weighted by atomic mass is 16.5. The second kappa shape index (κ2) is 13.4. The predicted molar refractivity (Wildman–Crippen MR) is 118 cm³/mol. The van der Waals surface area contributed by atoms with Gasteiger partial charge in [-0.1, -0.05) is 18.2 Å². The van der Waals surface area contributed by atoms with Gasteiger partial charge in [0.2, 0.25) is 0 Å². The molecule has 1 atom stereocenters. The molecule has 29 heavy (non-hydrogen) atoms. The first kappa shape index (κ1) is 23.4. The van der Waals surface area contributed by atoms with Crippen molar-refractivity contribution in [2.45, 2.75) is 25.3 Å². The molecule has 0 saturated carbocycles. The average Bonchev–Trinajstić information content (AvgIpc) is 2.75. The molecule has 0 bridgehead atoms. The van der Waals surface area contributed by atoms with Crippen molar-refractivity contribution in [2.75, 3.05) is 67.8 Å². The monoisotopic (exact) mass is 406 g/mol. The lowest BCUT2D eigenvalue weighted by atomic mass is 10.0. The van der Waals surface area contributed by atoms with Crippen LogP contribution < -0.4 is 15.4 Å². The number of rotatable bonds is 11. The summed E-state index contributed by atoms with van der Waals surface area (Å²) in [5, 5.41) is 6.80. The van der Waals surface area contributed by atoms with E-state index in [0.717, 1.165) is 76.1 Å². The molecule has 1 unspecified atom stereocenters. The number of para-hydroxylation sites is 1. The van der Waals surface area contributed by atoms with Crippen LogP contribution in [-0.2, 0) is 9.47 Å². The van der Waals surface area contributed by atoms with Crippen molar-refractivity contribution in [1.29, 1.82) is 0 Å². The van der Waals surface area contributed by atoms with Gasteiger partial charge in [-0.25, -0.2) is 0 Å². The Kier molecular flexibility index (Phi) is 10.8. The van der Waals surface area contributed by atoms with Crippen LogP contribution in [0.1, 0.15) is 30.9 Å². The van der Waals surface area contributed by atoms with Crippen molar-refractivity contribution in [3.05, 3.63) is 29.8 Å². The van der Waals surface area contributed by atoms with Crippen LogP contribution in [0.3, 0.4) is 0 Å². The molecule has 1 aliphatic rings. The number of ether oxygens (including phenoxy) is 3. The highest BCUT2D eigenvalue weighted by molar-refractivity contribution is 5.79. The Morgan fingerprint density at radius 1 is 1.24 bits per heavy atom. The summed E-state index contributed by atoms with van der Waals surface area (Å²) in [7, 11) is 7.66. The molecule has 1 fully saturated rings. The van der Waals surface area contributed by atoms with Gasteiger partial charge in [-0.3, -0.25) is 4.99 Å². The Labute approximate surface area is 175 Å². The maximum atomic E-state index is 5.83. The molecule has 1 aromatic carbocycles. The third-order valence-electron chi connectivity index (χ3n) is 5.26. The Morgan fingerprint density at radius 3 is 2.69 bits per heavy atom. The minimum absolute atomic E-state index is 0.174. The van der Waals surface area contributed by atoms with Gasteiger partial charge < -0.3 is 29.7 Å². The first-order chi connectivity index (χ1) is 14.2. The summed E-state index contributed by atoms with van der Waals surface area (Å²) in [6.07, 6.45) is 3.19. The number of hydrogen-bond acceptors (Lipinski definition) is 5. The minimum Gasteiger partial charge on any atom is -0.496 e. The van der Waals surface area contributed by atoms with E-state index in [1.165, 1.54) is 0 Å². The van der Waals surface area contributed by atoms with Crippen molar-refractivity contribution >= 4 is 5.96 Å². The highest BCUT2D eigenvalue weighted by Gasteiger charge is 2.18. The molecule has 2 rings (SSSR count). The van der Waals surface area contributed by atoms with Gasteiger partial charge in [0.05, 0.1) is 13.2 Å². The standard InChI is InChI=1S/C22H38N4O3/c1-23-22(24-12-7-13-29-17-18-10-14-28-15-11-18)25-16-20(26(2)3)19-8-5-6-9-21(19)27-4/h5-6,8-9,18,20H,7,10-17H2,1-4H3,(H2,23,24,25). The van der Waals surface area contributed by atoms with Gasteiger partial charge in [-0.05, 0) is 45.3 Å². The largest absolute Gasteiger partial charge is 0.496 e. The van der Waals surface area contributed by atoms with Crippen LogP contribution in [0, 0.1) is 5.92 Å². The number of likely N-dealkylation sites (N-methyl/N-ethyl adjacent to an activating group) is 1. The first-order valence-electron chi connectivity index (χ1n) is 10.5. The van der Waals surface area contributed by atoms with E-state index >= 15 is 0 Å². The van der Waals surface area contributed by atoms with Gasteiger partial charge in [0, 0.05) is 52.1 Å². The number of benzene rings is 1. The third-order valence-corrected chi connectivity index (χ3v) is 5.26. The molecule has 7 nitrogen and oxygen atoms in total. The van der Waals surface area contributed by atoms with Crippen molar-refractivity contribution in [2.24, 2.45) is 10.9 Å². The SMILES string of the molecule is CN=C(NCCCOCC1CCOCC1)NCC(c1ccccc1OC)N(C)C. The Bertz CT molecular complexity index is 603. The minimum atomic E-state index is 0.174. The quantitative estimate of drug-likeness (QED) is 0.334. The van der Waals surface area contributed by atoms with Gasteiger partial charge in [0.15, 0.2) is 5.96 Å². The van der Waals surface area contributed by atoms with E-state index in [2.05, 4.69) is 40.7 Å². The molecule has 2 N–H and O–H groups in total. The number of nitrogens with one attached hydrogen (secondary N) is 2. The molecule has 7 heteroatoms. The molecule has 1 heterocycles. The Morgan fingerprint density at radius 2 is 2.00 bits per heavy atom. The normalized spacial score (nSPS) is 16.7. The van der Waals surface area contributed by atoms with Crippen LogP contribution in [-0.4, -0.2) is 78.6 Å². The average molecular weight is 407 g/mol. The Hall–Kier alpha value is -1.83. The lowest BCUT2D eigenvalue weighted by Gasteiger charge is -2.27. The molecule has 0 aromatic heterocycles. The lowest BCUT2D eigenvalue weighted by molar-refractivity contribution is 0.0203. The summed E-state index contributed by atoms with van der Waals surface area (Å²) in [5.41, 5.74) is 1.16. The fraction of sp³-hybridized carbons (Fsp3) is 0.682. The second-order valence-corrected chi connectivity index (χ2v) is 7.59. The van der Waals surface area contributed by atoms with Crippen LogP contribution in [0.2, 0.25) is 0 Å². The highest BCUT2D eigenvalue weighted by Crippen LogP contribution is 2.27. The maximum Gasteiger partial charge on any atom is 0.191 e.